The summed E-state index contributed by atoms with van der Waals surface area (Å²) in [6, 6.07) is 0. The molecule has 1 rings (SSSR count). The maximum absolute atomic E-state index is 12.5. The van der Waals surface area contributed by atoms with Crippen LogP contribution >= 0.6 is 0 Å². The molecule has 0 saturated heterocycles. The molecule has 0 aliphatic rings. The number of aromatic amines is 1. The van der Waals surface area contributed by atoms with Crippen molar-refractivity contribution in [3.05, 3.63) is 11.8 Å². The average molecular weight is 288 g/mol. The van der Waals surface area contributed by atoms with Crippen LogP contribution in [0.3, 0.4) is 0 Å². The highest BCUT2D eigenvalue weighted by atomic mass is 32.2. The molecule has 0 amide bonds. The number of H-pyrrole nitrogens is 1. The molecular weight excluding hydrogens is 264 g/mol. The van der Waals surface area contributed by atoms with E-state index in [0.29, 0.717) is 25.2 Å². The van der Waals surface area contributed by atoms with Crippen molar-refractivity contribution in [2.75, 3.05) is 19.6 Å². The van der Waals surface area contributed by atoms with Crippen LogP contribution in [0.2, 0.25) is 0 Å². The highest BCUT2D eigenvalue weighted by Gasteiger charge is 2.26. The molecule has 0 bridgehead atoms. The number of sulfonamides is 1. The van der Waals surface area contributed by atoms with Crippen molar-refractivity contribution in [1.82, 2.24) is 19.8 Å². The first-order valence-corrected chi connectivity index (χ1v) is 8.25. The van der Waals surface area contributed by atoms with Gasteiger partial charge in [-0.2, -0.15) is 9.40 Å². The summed E-state index contributed by atoms with van der Waals surface area (Å²) in [6.45, 7) is 8.25. The number of nitrogens with one attached hydrogen (secondary N) is 2. The third kappa shape index (κ3) is 4.02. The zero-order chi connectivity index (χ0) is 14.3. The average Bonchev–Trinajstić information content (AvgIpc) is 2.85. The number of nitrogens with zero attached hydrogens (tertiary/aromatic N) is 2. The molecule has 0 aromatic carbocycles. The molecule has 1 heterocycles. The van der Waals surface area contributed by atoms with Crippen LogP contribution < -0.4 is 5.32 Å². The van der Waals surface area contributed by atoms with Crippen LogP contribution in [0.4, 0.5) is 0 Å². The lowest BCUT2D eigenvalue weighted by Gasteiger charge is -2.19. The third-order valence-electron chi connectivity index (χ3n) is 2.84. The maximum Gasteiger partial charge on any atom is 0.260 e. The standard InChI is InChI=1S/C12H24N4O2S/c1-4-7-13-9-11-10-14-15-12(11)19(17,18)16(6-3)8-5-2/h10,13H,4-9H2,1-3H3,(H,14,15). The molecule has 0 unspecified atom stereocenters. The number of hydrogen-bond donors (Lipinski definition) is 2. The smallest absolute Gasteiger partial charge is 0.260 e. The Hall–Kier alpha value is -0.920. The first-order chi connectivity index (χ1) is 9.07. The summed E-state index contributed by atoms with van der Waals surface area (Å²) < 4.78 is 26.5. The van der Waals surface area contributed by atoms with E-state index in [1.165, 1.54) is 4.31 Å². The quantitative estimate of drug-likeness (QED) is 0.672. The van der Waals surface area contributed by atoms with Crippen LogP contribution in [-0.4, -0.2) is 42.6 Å². The largest absolute Gasteiger partial charge is 0.313 e. The van der Waals surface area contributed by atoms with Crippen LogP contribution in [-0.2, 0) is 16.6 Å². The molecule has 0 spiro atoms. The molecule has 2 N–H and O–H groups in total. The van der Waals surface area contributed by atoms with Gasteiger partial charge in [-0.3, -0.25) is 5.10 Å². The van der Waals surface area contributed by atoms with Gasteiger partial charge in [0.25, 0.3) is 10.0 Å². The maximum atomic E-state index is 12.5. The molecule has 0 aliphatic carbocycles. The van der Waals surface area contributed by atoms with Gasteiger partial charge in [0.15, 0.2) is 5.03 Å². The Kier molecular flexibility index (Phi) is 6.47. The van der Waals surface area contributed by atoms with Crippen molar-refractivity contribution >= 4 is 10.0 Å². The predicted octanol–water partition coefficient (Wildman–Crippen LogP) is 1.33. The van der Waals surface area contributed by atoms with E-state index in [1.54, 1.807) is 6.20 Å². The van der Waals surface area contributed by atoms with Gasteiger partial charge in [-0.25, -0.2) is 8.42 Å². The molecule has 1 aromatic rings. The molecule has 7 heteroatoms. The normalized spacial score (nSPS) is 12.2. The molecule has 0 saturated carbocycles. The molecule has 110 valence electrons. The monoisotopic (exact) mass is 288 g/mol. The van der Waals surface area contributed by atoms with Gasteiger partial charge >= 0.3 is 0 Å². The Balaban J connectivity index is 2.91. The molecule has 0 atom stereocenters. The second-order valence-corrected chi connectivity index (χ2v) is 6.27. The summed E-state index contributed by atoms with van der Waals surface area (Å²) in [5, 5.41) is 9.91. The lowest BCUT2D eigenvalue weighted by molar-refractivity contribution is 0.424. The van der Waals surface area contributed by atoms with Crippen molar-refractivity contribution in [3.8, 4) is 0 Å². The van der Waals surface area contributed by atoms with E-state index in [9.17, 15) is 8.42 Å². The minimum absolute atomic E-state index is 0.214. The van der Waals surface area contributed by atoms with Crippen molar-refractivity contribution < 1.29 is 8.42 Å². The topological polar surface area (TPSA) is 78.1 Å². The van der Waals surface area contributed by atoms with Crippen LogP contribution in [0.1, 0.15) is 39.2 Å². The summed E-state index contributed by atoms with van der Waals surface area (Å²) in [7, 11) is -3.46. The molecule has 1 aromatic heterocycles. The van der Waals surface area contributed by atoms with E-state index in [2.05, 4.69) is 22.4 Å². The van der Waals surface area contributed by atoms with E-state index in [0.717, 1.165) is 19.4 Å². The van der Waals surface area contributed by atoms with Gasteiger partial charge in [0.1, 0.15) is 0 Å². The van der Waals surface area contributed by atoms with Crippen molar-refractivity contribution in [2.24, 2.45) is 0 Å². The zero-order valence-electron chi connectivity index (χ0n) is 11.9. The fraction of sp³-hybridized carbons (Fsp3) is 0.750. The second kappa shape index (κ2) is 7.62. The van der Waals surface area contributed by atoms with Gasteiger partial charge in [0.2, 0.25) is 0 Å². The molecule has 6 nitrogen and oxygen atoms in total. The van der Waals surface area contributed by atoms with E-state index >= 15 is 0 Å². The van der Waals surface area contributed by atoms with Gasteiger partial charge in [0, 0.05) is 25.2 Å². The fourth-order valence-corrected chi connectivity index (χ4v) is 3.52. The Morgan fingerprint density at radius 1 is 1.32 bits per heavy atom. The van der Waals surface area contributed by atoms with Crippen molar-refractivity contribution in [2.45, 2.75) is 45.2 Å². The Labute approximate surface area is 115 Å². The van der Waals surface area contributed by atoms with E-state index < -0.39 is 10.0 Å². The first-order valence-electron chi connectivity index (χ1n) is 6.80. The van der Waals surface area contributed by atoms with Crippen LogP contribution in [0.5, 0.6) is 0 Å². The van der Waals surface area contributed by atoms with Gasteiger partial charge in [-0.15, -0.1) is 0 Å². The Morgan fingerprint density at radius 3 is 2.63 bits per heavy atom. The van der Waals surface area contributed by atoms with E-state index in [-0.39, 0.29) is 5.03 Å². The van der Waals surface area contributed by atoms with Crippen molar-refractivity contribution in [3.63, 3.8) is 0 Å². The van der Waals surface area contributed by atoms with Gasteiger partial charge in [0.05, 0.1) is 6.20 Å². The highest BCUT2D eigenvalue weighted by Crippen LogP contribution is 2.17. The van der Waals surface area contributed by atoms with Crippen LogP contribution in [0.15, 0.2) is 11.2 Å². The van der Waals surface area contributed by atoms with E-state index in [4.69, 9.17) is 0 Å². The molecule has 19 heavy (non-hydrogen) atoms. The second-order valence-electron chi connectivity index (χ2n) is 4.40. The summed E-state index contributed by atoms with van der Waals surface area (Å²) in [6.07, 6.45) is 3.39. The summed E-state index contributed by atoms with van der Waals surface area (Å²) >= 11 is 0. The SMILES string of the molecule is CCCNCc1cn[nH]c1S(=O)(=O)N(CC)CCC. The van der Waals surface area contributed by atoms with Crippen LogP contribution in [0.25, 0.3) is 0 Å². The Morgan fingerprint density at radius 2 is 2.05 bits per heavy atom. The summed E-state index contributed by atoms with van der Waals surface area (Å²) in [4.78, 5) is 0. The highest BCUT2D eigenvalue weighted by molar-refractivity contribution is 7.89. The fourth-order valence-electron chi connectivity index (χ4n) is 1.88. The van der Waals surface area contributed by atoms with Gasteiger partial charge in [-0.05, 0) is 19.4 Å². The molecule has 0 radical (unpaired) electrons. The van der Waals surface area contributed by atoms with Gasteiger partial charge in [-0.1, -0.05) is 20.8 Å². The van der Waals surface area contributed by atoms with Gasteiger partial charge < -0.3 is 5.32 Å². The summed E-state index contributed by atoms with van der Waals surface area (Å²) in [5.74, 6) is 0. The number of rotatable bonds is 9. The third-order valence-corrected chi connectivity index (χ3v) is 4.83. The minimum atomic E-state index is -3.46. The summed E-state index contributed by atoms with van der Waals surface area (Å²) in [5.41, 5.74) is 0.697. The lowest BCUT2D eigenvalue weighted by atomic mass is 10.3. The first kappa shape index (κ1) is 16.1. The number of aromatic nitrogens is 2. The Bertz CT molecular complexity index is 470. The number of hydrogen-bond acceptors (Lipinski definition) is 4. The zero-order valence-corrected chi connectivity index (χ0v) is 12.8. The molecule has 0 fully saturated rings. The van der Waals surface area contributed by atoms with Crippen molar-refractivity contribution in [1.29, 1.82) is 0 Å². The predicted molar refractivity (Wildman–Crippen MR) is 75.3 cm³/mol. The molecular formula is C12H24N4O2S. The minimum Gasteiger partial charge on any atom is -0.313 e. The lowest BCUT2D eigenvalue weighted by Crippen LogP contribution is -2.32. The van der Waals surface area contributed by atoms with E-state index in [1.807, 2.05) is 13.8 Å². The molecule has 0 aliphatic heterocycles. The van der Waals surface area contributed by atoms with Crippen LogP contribution in [0, 0.1) is 0 Å².